The maximum absolute atomic E-state index is 13.1. The van der Waals surface area contributed by atoms with Crippen molar-refractivity contribution in [1.29, 1.82) is 0 Å². The highest BCUT2D eigenvalue weighted by Gasteiger charge is 2.30. The number of carbonyl (C=O) groups is 4. The molecule has 0 heterocycles. The summed E-state index contributed by atoms with van der Waals surface area (Å²) < 4.78 is 68.7. The minimum absolute atomic E-state index is 0.108. The van der Waals surface area contributed by atoms with E-state index in [1.54, 1.807) is 0 Å². The van der Waals surface area contributed by atoms with E-state index in [0.717, 1.165) is 95.8 Å². The molecule has 0 aromatic rings. The smallest absolute Gasteiger partial charge is 0.462 e. The van der Waals surface area contributed by atoms with E-state index < -0.39 is 97.5 Å². The molecule has 0 saturated heterocycles. The van der Waals surface area contributed by atoms with E-state index in [9.17, 15) is 43.2 Å². The molecule has 17 nitrogen and oxygen atoms in total. The van der Waals surface area contributed by atoms with Crippen molar-refractivity contribution in [1.82, 2.24) is 0 Å². The van der Waals surface area contributed by atoms with Crippen molar-refractivity contribution in [2.24, 2.45) is 5.92 Å². The number of phosphoric acid groups is 2. The fraction of sp³-hybridized carbons (Fsp3) is 0.950. The van der Waals surface area contributed by atoms with E-state index in [-0.39, 0.29) is 25.7 Å². The van der Waals surface area contributed by atoms with Gasteiger partial charge < -0.3 is 33.8 Å². The van der Waals surface area contributed by atoms with Gasteiger partial charge in [0.15, 0.2) is 12.2 Å². The Balaban J connectivity index is 5.24. The molecule has 0 bridgehead atoms. The van der Waals surface area contributed by atoms with Gasteiger partial charge in [-0.05, 0) is 31.6 Å². The van der Waals surface area contributed by atoms with Crippen molar-refractivity contribution in [2.45, 2.75) is 445 Å². The standard InChI is InChI=1S/C80H156O17P2/c1-6-10-13-16-19-22-25-28-30-31-32-33-34-35-38-41-44-51-56-61-66-80(85)96-75(69-90-77(82)63-58-53-48-42-39-37-29-26-23-20-17-14-11-7-2)71-94-98(86,87)92-67-74(81)68-93-99(88,89)95-72-76(70-91-78(83)64-59-54-49-46-45-47-52-57-62-73(5)9-4)97-79(84)65-60-55-50-43-40-36-27-24-21-18-15-12-8-3/h73-76,81H,6-72H2,1-5H3,(H,86,87)(H,88,89)/t73?,74-,75-,76-/m1/s1. The normalized spacial score (nSPS) is 14.1. The second-order valence-corrected chi connectivity index (χ2v) is 32.0. The van der Waals surface area contributed by atoms with E-state index in [0.29, 0.717) is 25.7 Å². The summed E-state index contributed by atoms with van der Waals surface area (Å²) in [6, 6.07) is 0. The third kappa shape index (κ3) is 72.8. The van der Waals surface area contributed by atoms with Gasteiger partial charge in [0.25, 0.3) is 0 Å². The maximum Gasteiger partial charge on any atom is 0.472 e. The highest BCUT2D eigenvalue weighted by molar-refractivity contribution is 7.47. The van der Waals surface area contributed by atoms with Crippen LogP contribution in [0.4, 0.5) is 0 Å². The number of phosphoric ester groups is 2. The quantitative estimate of drug-likeness (QED) is 0.0222. The van der Waals surface area contributed by atoms with Crippen molar-refractivity contribution in [2.75, 3.05) is 39.6 Å². The number of hydrogen-bond donors (Lipinski definition) is 3. The number of carbonyl (C=O) groups excluding carboxylic acids is 4. The monoisotopic (exact) mass is 1450 g/mol. The summed E-state index contributed by atoms with van der Waals surface area (Å²) in [5.41, 5.74) is 0. The van der Waals surface area contributed by atoms with Gasteiger partial charge in [-0.25, -0.2) is 9.13 Å². The molecule has 0 spiro atoms. The Kier molecular flexibility index (Phi) is 71.6. The Morgan fingerprint density at radius 3 is 0.717 bits per heavy atom. The van der Waals surface area contributed by atoms with Gasteiger partial charge in [-0.2, -0.15) is 0 Å². The first-order valence-electron chi connectivity index (χ1n) is 41.7. The third-order valence-corrected chi connectivity index (χ3v) is 21.0. The molecule has 0 aliphatic rings. The predicted molar refractivity (Wildman–Crippen MR) is 405 cm³/mol. The summed E-state index contributed by atoms with van der Waals surface area (Å²) >= 11 is 0. The molecule has 0 rings (SSSR count). The zero-order valence-corrected chi connectivity index (χ0v) is 66.4. The van der Waals surface area contributed by atoms with Gasteiger partial charge >= 0.3 is 39.5 Å². The van der Waals surface area contributed by atoms with Gasteiger partial charge in [0, 0.05) is 25.7 Å². The van der Waals surface area contributed by atoms with Gasteiger partial charge in [0.1, 0.15) is 19.3 Å². The Morgan fingerprint density at radius 1 is 0.283 bits per heavy atom. The molecular formula is C80H156O17P2. The molecule has 0 saturated carbocycles. The topological polar surface area (TPSA) is 237 Å². The van der Waals surface area contributed by atoms with Crippen molar-refractivity contribution < 1.29 is 80.2 Å². The summed E-state index contributed by atoms with van der Waals surface area (Å²) in [6.07, 6.45) is 63.7. The summed E-state index contributed by atoms with van der Waals surface area (Å²) in [6.45, 7) is 7.33. The molecule has 0 radical (unpaired) electrons. The highest BCUT2D eigenvalue weighted by Crippen LogP contribution is 2.45. The Morgan fingerprint density at radius 2 is 0.485 bits per heavy atom. The predicted octanol–water partition coefficient (Wildman–Crippen LogP) is 24.0. The number of esters is 4. The first kappa shape index (κ1) is 97.1. The molecule has 3 unspecified atom stereocenters. The van der Waals surface area contributed by atoms with Crippen LogP contribution in [0.3, 0.4) is 0 Å². The first-order valence-corrected chi connectivity index (χ1v) is 44.7. The number of hydrogen-bond acceptors (Lipinski definition) is 15. The minimum atomic E-state index is -4.96. The zero-order chi connectivity index (χ0) is 72.7. The van der Waals surface area contributed by atoms with Crippen LogP contribution < -0.4 is 0 Å². The Bertz CT molecular complexity index is 1890. The molecule has 99 heavy (non-hydrogen) atoms. The summed E-state index contributed by atoms with van der Waals surface area (Å²) in [5.74, 6) is -1.33. The number of aliphatic hydroxyl groups is 1. The second kappa shape index (κ2) is 73.0. The van der Waals surface area contributed by atoms with Crippen LogP contribution in [0.5, 0.6) is 0 Å². The van der Waals surface area contributed by atoms with Gasteiger partial charge in [-0.1, -0.05) is 375 Å². The maximum atomic E-state index is 13.1. The lowest BCUT2D eigenvalue weighted by molar-refractivity contribution is -0.161. The van der Waals surface area contributed by atoms with Crippen molar-refractivity contribution in [3.05, 3.63) is 0 Å². The fourth-order valence-corrected chi connectivity index (χ4v) is 14.0. The van der Waals surface area contributed by atoms with Crippen LogP contribution in [-0.2, 0) is 65.4 Å². The van der Waals surface area contributed by atoms with Crippen LogP contribution in [0.2, 0.25) is 0 Å². The highest BCUT2D eigenvalue weighted by atomic mass is 31.2. The number of unbranched alkanes of at least 4 members (excludes halogenated alkanes) is 51. The van der Waals surface area contributed by atoms with Gasteiger partial charge in [0.05, 0.1) is 26.4 Å². The lowest BCUT2D eigenvalue weighted by Gasteiger charge is -2.21. The molecule has 0 aromatic carbocycles. The summed E-state index contributed by atoms with van der Waals surface area (Å²) in [7, 11) is -9.92. The summed E-state index contributed by atoms with van der Waals surface area (Å²) in [4.78, 5) is 73.0. The second-order valence-electron chi connectivity index (χ2n) is 29.1. The van der Waals surface area contributed by atoms with E-state index in [1.807, 2.05) is 0 Å². The minimum Gasteiger partial charge on any atom is -0.462 e. The molecular weight excluding hydrogens is 1290 g/mol. The molecule has 0 aromatic heterocycles. The zero-order valence-electron chi connectivity index (χ0n) is 64.6. The average molecular weight is 1450 g/mol. The van der Waals surface area contributed by atoms with E-state index in [2.05, 4.69) is 34.6 Å². The van der Waals surface area contributed by atoms with Crippen LogP contribution >= 0.6 is 15.6 Å². The lowest BCUT2D eigenvalue weighted by Crippen LogP contribution is -2.30. The molecule has 0 aliphatic carbocycles. The van der Waals surface area contributed by atoms with Crippen LogP contribution in [0.25, 0.3) is 0 Å². The number of rotatable bonds is 80. The average Bonchev–Trinajstić information content (AvgIpc) is 1.19. The van der Waals surface area contributed by atoms with Crippen molar-refractivity contribution in [3.8, 4) is 0 Å². The number of ether oxygens (including phenoxy) is 4. The van der Waals surface area contributed by atoms with E-state index in [1.165, 1.54) is 250 Å². The fourth-order valence-electron chi connectivity index (χ4n) is 12.4. The molecule has 6 atom stereocenters. The van der Waals surface area contributed by atoms with Crippen molar-refractivity contribution in [3.63, 3.8) is 0 Å². The molecule has 19 heteroatoms. The van der Waals surface area contributed by atoms with Crippen LogP contribution in [0.1, 0.15) is 426 Å². The lowest BCUT2D eigenvalue weighted by atomic mass is 9.99. The van der Waals surface area contributed by atoms with Crippen LogP contribution in [0.15, 0.2) is 0 Å². The Hall–Kier alpha value is -1.94. The van der Waals surface area contributed by atoms with Crippen molar-refractivity contribution >= 4 is 39.5 Å². The van der Waals surface area contributed by atoms with E-state index in [4.69, 9.17) is 37.0 Å². The van der Waals surface area contributed by atoms with Crippen LogP contribution in [-0.4, -0.2) is 96.7 Å². The SMILES string of the molecule is CCCCCCCCCCCCCCCCCCCCCCC(=O)O[C@H](COC(=O)CCCCCCCCCCCCCCCC)COP(=O)(O)OC[C@@H](O)COP(=O)(O)OC[C@@H](COC(=O)CCCCCCCCCCC(C)CC)OC(=O)CCCCCCCCCCCCCCC. The third-order valence-electron chi connectivity index (χ3n) is 19.1. The largest absolute Gasteiger partial charge is 0.472 e. The van der Waals surface area contributed by atoms with E-state index >= 15 is 0 Å². The molecule has 3 N–H and O–H groups in total. The molecule has 0 amide bonds. The summed E-state index contributed by atoms with van der Waals surface area (Å²) in [5, 5.41) is 10.6. The molecule has 588 valence electrons. The molecule has 0 fully saturated rings. The molecule has 0 aliphatic heterocycles. The van der Waals surface area contributed by atoms with Gasteiger partial charge in [-0.15, -0.1) is 0 Å². The van der Waals surface area contributed by atoms with Gasteiger partial charge in [-0.3, -0.25) is 37.3 Å². The first-order chi connectivity index (χ1) is 48.1. The Labute approximate surface area is 607 Å². The van der Waals surface area contributed by atoms with Crippen LogP contribution in [0, 0.1) is 5.92 Å². The van der Waals surface area contributed by atoms with Gasteiger partial charge in [0.2, 0.25) is 0 Å². The number of aliphatic hydroxyl groups excluding tert-OH is 1.